The summed E-state index contributed by atoms with van der Waals surface area (Å²) < 4.78 is 31.4. The molecule has 4 rings (SSSR count). The van der Waals surface area contributed by atoms with Crippen LogP contribution in [-0.2, 0) is 14.2 Å². The normalized spacial score (nSPS) is 29.6. The Labute approximate surface area is 216 Å². The van der Waals surface area contributed by atoms with Crippen molar-refractivity contribution in [3.63, 3.8) is 0 Å². The largest absolute Gasteiger partial charge is 0.490 e. The third kappa shape index (κ3) is 5.67. The van der Waals surface area contributed by atoms with E-state index >= 15 is 0 Å². The molecule has 3 heterocycles. The van der Waals surface area contributed by atoms with Gasteiger partial charge < -0.3 is 28.6 Å². The highest BCUT2D eigenvalue weighted by atomic mass is 16.6. The molecule has 1 aromatic carbocycles. The summed E-state index contributed by atoms with van der Waals surface area (Å²) in [6.45, 7) is 16.5. The minimum absolute atomic E-state index is 0.0553. The Morgan fingerprint density at radius 1 is 1.28 bits per heavy atom. The van der Waals surface area contributed by atoms with E-state index in [4.69, 9.17) is 23.7 Å². The van der Waals surface area contributed by atoms with Gasteiger partial charge in [-0.15, -0.1) is 0 Å². The average Bonchev–Trinajstić information content (AvgIpc) is 2.79. The lowest BCUT2D eigenvalue weighted by atomic mass is 9.69. The number of amides is 1. The Morgan fingerprint density at radius 3 is 2.75 bits per heavy atom. The van der Waals surface area contributed by atoms with E-state index in [0.29, 0.717) is 32.9 Å². The number of ether oxygens (including phenoxy) is 5. The van der Waals surface area contributed by atoms with Crippen molar-refractivity contribution in [3.05, 3.63) is 35.4 Å². The molecule has 1 aromatic rings. The summed E-state index contributed by atoms with van der Waals surface area (Å²) in [7, 11) is 0. The van der Waals surface area contributed by atoms with Crippen LogP contribution in [0, 0.1) is 5.92 Å². The van der Waals surface area contributed by atoms with E-state index in [2.05, 4.69) is 32.9 Å². The van der Waals surface area contributed by atoms with Gasteiger partial charge in [0.25, 0.3) is 0 Å². The second-order valence-electron chi connectivity index (χ2n) is 11.8. The Bertz CT molecular complexity index is 980. The molecule has 2 saturated heterocycles. The van der Waals surface area contributed by atoms with Crippen molar-refractivity contribution in [1.82, 2.24) is 4.90 Å². The number of carbonyl (C=O) groups is 1. The molecule has 200 valence electrons. The van der Waals surface area contributed by atoms with Crippen molar-refractivity contribution in [3.8, 4) is 11.5 Å². The van der Waals surface area contributed by atoms with E-state index in [9.17, 15) is 4.79 Å². The van der Waals surface area contributed by atoms with Crippen LogP contribution >= 0.6 is 0 Å². The smallest absolute Gasteiger partial charge is 0.410 e. The molecule has 1 spiro atoms. The Hall–Kier alpha value is -2.25. The molecular weight excluding hydrogens is 458 g/mol. The molecule has 4 atom stereocenters. The van der Waals surface area contributed by atoms with Crippen LogP contribution in [0.5, 0.6) is 11.5 Å². The molecule has 7 nitrogen and oxygen atoms in total. The van der Waals surface area contributed by atoms with Gasteiger partial charge in [-0.3, -0.25) is 0 Å². The van der Waals surface area contributed by atoms with Gasteiger partial charge in [-0.1, -0.05) is 23.8 Å². The summed E-state index contributed by atoms with van der Waals surface area (Å²) in [5, 5.41) is 0. The monoisotopic (exact) mass is 501 g/mol. The fourth-order valence-corrected chi connectivity index (χ4v) is 5.63. The summed E-state index contributed by atoms with van der Waals surface area (Å²) in [5.74, 6) is 1.60. The van der Waals surface area contributed by atoms with Crippen LogP contribution in [-0.4, -0.2) is 60.7 Å². The highest BCUT2D eigenvalue weighted by Gasteiger charge is 2.56. The van der Waals surface area contributed by atoms with Crippen LogP contribution in [0.2, 0.25) is 0 Å². The van der Waals surface area contributed by atoms with Crippen molar-refractivity contribution in [1.29, 1.82) is 0 Å². The number of hydrogen-bond acceptors (Lipinski definition) is 6. The zero-order valence-corrected chi connectivity index (χ0v) is 23.0. The summed E-state index contributed by atoms with van der Waals surface area (Å²) in [5.41, 5.74) is 0.704. The number of morpholine rings is 1. The van der Waals surface area contributed by atoms with Gasteiger partial charge in [-0.05, 0) is 73.8 Å². The molecule has 0 saturated carbocycles. The van der Waals surface area contributed by atoms with Crippen LogP contribution in [0.1, 0.15) is 79.4 Å². The third-order valence-corrected chi connectivity index (χ3v) is 7.31. The number of fused-ring (bicyclic) bond motifs is 3. The molecule has 0 radical (unpaired) electrons. The molecule has 0 bridgehead atoms. The van der Waals surface area contributed by atoms with Gasteiger partial charge in [0, 0.05) is 18.0 Å². The summed E-state index contributed by atoms with van der Waals surface area (Å²) >= 11 is 0. The first-order chi connectivity index (χ1) is 17.0. The maximum atomic E-state index is 12.9. The number of benzene rings is 1. The number of hydrogen-bond donors (Lipinski definition) is 0. The number of rotatable bonds is 5. The summed E-state index contributed by atoms with van der Waals surface area (Å²) in [4.78, 5) is 14.6. The molecule has 2 fully saturated rings. The molecule has 0 unspecified atom stereocenters. The molecule has 3 aliphatic heterocycles. The molecular formula is C29H43NO6. The Morgan fingerprint density at radius 2 is 2.06 bits per heavy atom. The van der Waals surface area contributed by atoms with E-state index < -0.39 is 16.8 Å². The minimum Gasteiger partial charge on any atom is -0.490 e. The Kier molecular flexibility index (Phi) is 7.63. The van der Waals surface area contributed by atoms with Gasteiger partial charge in [0.15, 0.2) is 11.5 Å². The molecule has 0 N–H and O–H groups in total. The van der Waals surface area contributed by atoms with Crippen molar-refractivity contribution < 1.29 is 28.5 Å². The van der Waals surface area contributed by atoms with Crippen molar-refractivity contribution in [2.75, 3.05) is 32.9 Å². The van der Waals surface area contributed by atoms with Gasteiger partial charge in [-0.25, -0.2) is 4.79 Å². The summed E-state index contributed by atoms with van der Waals surface area (Å²) in [6, 6.07) is 6.05. The zero-order valence-electron chi connectivity index (χ0n) is 23.0. The predicted molar refractivity (Wildman–Crippen MR) is 139 cm³/mol. The fourth-order valence-electron chi connectivity index (χ4n) is 5.63. The number of nitrogens with zero attached hydrogens (tertiary/aromatic N) is 1. The summed E-state index contributed by atoms with van der Waals surface area (Å²) in [6.07, 6.45) is 4.32. The quantitative estimate of drug-likeness (QED) is 0.457. The van der Waals surface area contributed by atoms with Crippen LogP contribution in [0.25, 0.3) is 0 Å². The van der Waals surface area contributed by atoms with E-state index in [1.165, 1.54) is 5.57 Å². The van der Waals surface area contributed by atoms with Crippen LogP contribution < -0.4 is 9.47 Å². The van der Waals surface area contributed by atoms with E-state index in [1.54, 1.807) is 4.90 Å². The number of carbonyl (C=O) groups excluding carboxylic acids is 1. The molecule has 3 aliphatic rings. The first kappa shape index (κ1) is 26.8. The lowest BCUT2D eigenvalue weighted by Gasteiger charge is -2.55. The van der Waals surface area contributed by atoms with Crippen molar-refractivity contribution in [2.45, 2.75) is 90.6 Å². The van der Waals surface area contributed by atoms with E-state index in [0.717, 1.165) is 36.3 Å². The molecule has 0 aliphatic carbocycles. The molecule has 0 aromatic heterocycles. The second kappa shape index (κ2) is 10.3. The highest BCUT2D eigenvalue weighted by molar-refractivity contribution is 5.68. The molecule has 7 heteroatoms. The van der Waals surface area contributed by atoms with Gasteiger partial charge in [0.2, 0.25) is 0 Å². The average molecular weight is 502 g/mol. The standard InChI is InChI=1S/C29H43NO6/c1-8-32-23-13-9-12-21-24-22(28(7,35-25(21)23)14-10-11-20(2)3)17-29(19-33-24)18-30(15-16-34-29)26(31)36-27(4,5)6/h9,11-13,22,24H,8,10,14-19H2,1-7H3/t22-,24+,28-,29+/m0/s1. The van der Waals surface area contributed by atoms with Crippen LogP contribution in [0.4, 0.5) is 4.79 Å². The predicted octanol–water partition coefficient (Wildman–Crippen LogP) is 6.07. The molecule has 36 heavy (non-hydrogen) atoms. The maximum Gasteiger partial charge on any atom is 0.410 e. The highest BCUT2D eigenvalue weighted by Crippen LogP contribution is 2.55. The van der Waals surface area contributed by atoms with Gasteiger partial charge >= 0.3 is 6.09 Å². The minimum atomic E-state index is -0.591. The lowest BCUT2D eigenvalue weighted by Crippen LogP contribution is -2.63. The second-order valence-corrected chi connectivity index (χ2v) is 11.8. The van der Waals surface area contributed by atoms with Crippen LogP contribution in [0.15, 0.2) is 29.8 Å². The van der Waals surface area contributed by atoms with Crippen molar-refractivity contribution in [2.24, 2.45) is 5.92 Å². The van der Waals surface area contributed by atoms with E-state index in [-0.39, 0.29) is 18.1 Å². The topological polar surface area (TPSA) is 66.5 Å². The van der Waals surface area contributed by atoms with Gasteiger partial charge in [0.05, 0.1) is 32.5 Å². The number of para-hydroxylation sites is 1. The zero-order chi connectivity index (χ0) is 26.1. The molecule has 1 amide bonds. The SMILES string of the molecule is CCOc1cccc2c1O[C@@](C)(CCC=C(C)C)[C@H]1C[C@]3(CO[C@H]21)CN(C(=O)OC(C)(C)C)CCO3. The first-order valence-electron chi connectivity index (χ1n) is 13.3. The van der Waals surface area contributed by atoms with Gasteiger partial charge in [-0.2, -0.15) is 0 Å². The third-order valence-electron chi connectivity index (χ3n) is 7.31. The lowest BCUT2D eigenvalue weighted by molar-refractivity contribution is -0.231. The maximum absolute atomic E-state index is 12.9. The van der Waals surface area contributed by atoms with Gasteiger partial charge in [0.1, 0.15) is 16.8 Å². The first-order valence-corrected chi connectivity index (χ1v) is 13.3. The van der Waals surface area contributed by atoms with Crippen LogP contribution in [0.3, 0.4) is 0 Å². The fraction of sp³-hybridized carbons (Fsp3) is 0.690. The Balaban J connectivity index is 1.63. The number of allylic oxidation sites excluding steroid dienone is 2. The van der Waals surface area contributed by atoms with Crippen molar-refractivity contribution >= 4 is 6.09 Å². The van der Waals surface area contributed by atoms with E-state index in [1.807, 2.05) is 39.8 Å².